The first-order valence-corrected chi connectivity index (χ1v) is 5.19. The number of aliphatic hydroxyl groups is 1. The molecule has 1 unspecified atom stereocenters. The fourth-order valence-corrected chi connectivity index (χ4v) is 1.64. The number of aliphatic hydroxyl groups excluding tert-OH is 1. The van der Waals surface area contributed by atoms with Crippen LogP contribution >= 0.6 is 11.8 Å². The normalized spacial score (nSPS) is 13.2. The lowest BCUT2D eigenvalue weighted by Gasteiger charge is -2.06. The molecule has 1 aromatic heterocycles. The molecule has 5 nitrogen and oxygen atoms in total. The summed E-state index contributed by atoms with van der Waals surface area (Å²) in [6, 6.07) is 0. The molecule has 0 aromatic carbocycles. The van der Waals surface area contributed by atoms with Crippen LogP contribution in [0, 0.1) is 0 Å². The fraction of sp³-hybridized carbons (Fsp3) is 0.857. The van der Waals surface area contributed by atoms with Crippen LogP contribution in [0.4, 0.5) is 0 Å². The van der Waals surface area contributed by atoms with E-state index in [-0.39, 0.29) is 6.61 Å². The van der Waals surface area contributed by atoms with Gasteiger partial charge in [-0.1, -0.05) is 25.6 Å². The fourth-order valence-electron chi connectivity index (χ4n) is 0.779. The molecule has 0 radical (unpaired) electrons. The number of nitrogens with zero attached hydrogens (tertiary/aromatic N) is 4. The van der Waals surface area contributed by atoms with E-state index in [2.05, 4.69) is 29.4 Å². The predicted molar refractivity (Wildman–Crippen MR) is 50.5 cm³/mol. The van der Waals surface area contributed by atoms with E-state index >= 15 is 0 Å². The minimum atomic E-state index is 0.0686. The van der Waals surface area contributed by atoms with Crippen LogP contribution < -0.4 is 0 Å². The minimum absolute atomic E-state index is 0.0686. The molecule has 0 aliphatic rings. The molecule has 1 heterocycles. The van der Waals surface area contributed by atoms with Gasteiger partial charge in [0.05, 0.1) is 13.2 Å². The van der Waals surface area contributed by atoms with E-state index in [0.717, 1.165) is 11.6 Å². The lowest BCUT2D eigenvalue weighted by molar-refractivity contribution is 0.262. The van der Waals surface area contributed by atoms with Crippen molar-refractivity contribution in [2.75, 3.05) is 6.61 Å². The minimum Gasteiger partial charge on any atom is -0.394 e. The Morgan fingerprint density at radius 3 is 3.00 bits per heavy atom. The Labute approximate surface area is 81.5 Å². The second-order valence-electron chi connectivity index (χ2n) is 2.74. The zero-order valence-corrected chi connectivity index (χ0v) is 8.66. The summed E-state index contributed by atoms with van der Waals surface area (Å²) >= 11 is 1.63. The number of aromatic nitrogens is 4. The van der Waals surface area contributed by atoms with Gasteiger partial charge in [0.15, 0.2) is 0 Å². The van der Waals surface area contributed by atoms with Crippen molar-refractivity contribution in [1.29, 1.82) is 0 Å². The summed E-state index contributed by atoms with van der Waals surface area (Å²) in [5, 5.41) is 21.2. The molecule has 6 heteroatoms. The highest BCUT2D eigenvalue weighted by Crippen LogP contribution is 2.21. The van der Waals surface area contributed by atoms with Crippen molar-refractivity contribution in [3.8, 4) is 0 Å². The molecule has 13 heavy (non-hydrogen) atoms. The Bertz CT molecular complexity index is 252. The van der Waals surface area contributed by atoms with Gasteiger partial charge in [-0.25, -0.2) is 4.68 Å². The molecule has 1 N–H and O–H groups in total. The van der Waals surface area contributed by atoms with Crippen molar-refractivity contribution in [2.45, 2.75) is 37.2 Å². The summed E-state index contributed by atoms with van der Waals surface area (Å²) in [6.45, 7) is 4.78. The van der Waals surface area contributed by atoms with Crippen LogP contribution in [-0.2, 0) is 6.54 Å². The molecular weight excluding hydrogens is 188 g/mol. The second kappa shape index (κ2) is 5.18. The molecule has 0 spiro atoms. The zero-order chi connectivity index (χ0) is 9.68. The van der Waals surface area contributed by atoms with Gasteiger partial charge in [0, 0.05) is 5.25 Å². The van der Waals surface area contributed by atoms with Gasteiger partial charge in [-0.2, -0.15) is 0 Å². The van der Waals surface area contributed by atoms with Crippen molar-refractivity contribution in [3.05, 3.63) is 0 Å². The molecule has 74 valence electrons. The standard InChI is InChI=1S/C7H14N4OS/c1-3-6(2)13-7-8-9-10-11(7)4-5-12/h6,12H,3-5H2,1-2H3. The van der Waals surface area contributed by atoms with Gasteiger partial charge in [-0.05, 0) is 16.8 Å². The van der Waals surface area contributed by atoms with Crippen LogP contribution in [0.5, 0.6) is 0 Å². The summed E-state index contributed by atoms with van der Waals surface area (Å²) in [5.41, 5.74) is 0. The van der Waals surface area contributed by atoms with Crippen molar-refractivity contribution in [3.63, 3.8) is 0 Å². The largest absolute Gasteiger partial charge is 0.394 e. The third-order valence-corrected chi connectivity index (χ3v) is 2.93. The van der Waals surface area contributed by atoms with Crippen LogP contribution in [0.3, 0.4) is 0 Å². The van der Waals surface area contributed by atoms with Crippen molar-refractivity contribution in [1.82, 2.24) is 20.2 Å². The summed E-state index contributed by atoms with van der Waals surface area (Å²) < 4.78 is 1.62. The average Bonchev–Trinajstić information content (AvgIpc) is 2.54. The Kier molecular flexibility index (Phi) is 4.17. The second-order valence-corrected chi connectivity index (χ2v) is 4.15. The SMILES string of the molecule is CCC(C)Sc1nnnn1CCO. The Balaban J connectivity index is 2.59. The lowest BCUT2D eigenvalue weighted by Crippen LogP contribution is -2.07. The van der Waals surface area contributed by atoms with Crippen LogP contribution in [0.1, 0.15) is 20.3 Å². The predicted octanol–water partition coefficient (Wildman–Crippen LogP) is 0.556. The first-order valence-electron chi connectivity index (χ1n) is 4.31. The highest BCUT2D eigenvalue weighted by atomic mass is 32.2. The molecule has 1 aromatic rings. The van der Waals surface area contributed by atoms with Crippen molar-refractivity contribution in [2.24, 2.45) is 0 Å². The monoisotopic (exact) mass is 202 g/mol. The topological polar surface area (TPSA) is 63.8 Å². The molecule has 0 aliphatic heterocycles. The quantitative estimate of drug-likeness (QED) is 0.707. The van der Waals surface area contributed by atoms with Gasteiger partial charge in [-0.3, -0.25) is 0 Å². The molecular formula is C7H14N4OS. The highest BCUT2D eigenvalue weighted by Gasteiger charge is 2.09. The number of hydrogen-bond acceptors (Lipinski definition) is 5. The smallest absolute Gasteiger partial charge is 0.209 e. The van der Waals surface area contributed by atoms with E-state index in [4.69, 9.17) is 5.11 Å². The van der Waals surface area contributed by atoms with Gasteiger partial charge in [0.2, 0.25) is 5.16 Å². The summed E-state index contributed by atoms with van der Waals surface area (Å²) in [6.07, 6.45) is 1.08. The molecule has 1 atom stereocenters. The summed E-state index contributed by atoms with van der Waals surface area (Å²) in [4.78, 5) is 0. The van der Waals surface area contributed by atoms with E-state index in [1.165, 1.54) is 0 Å². The van der Waals surface area contributed by atoms with E-state index in [1.807, 2.05) is 0 Å². The Morgan fingerprint density at radius 1 is 1.62 bits per heavy atom. The summed E-state index contributed by atoms with van der Waals surface area (Å²) in [5.74, 6) is 0. The molecule has 0 saturated heterocycles. The summed E-state index contributed by atoms with van der Waals surface area (Å²) in [7, 11) is 0. The van der Waals surface area contributed by atoms with Gasteiger partial charge in [0.1, 0.15) is 0 Å². The first kappa shape index (κ1) is 10.5. The number of thioether (sulfide) groups is 1. The van der Waals surface area contributed by atoms with Gasteiger partial charge in [-0.15, -0.1) is 5.10 Å². The number of rotatable bonds is 5. The maximum Gasteiger partial charge on any atom is 0.209 e. The van der Waals surface area contributed by atoms with Gasteiger partial charge in [0.25, 0.3) is 0 Å². The van der Waals surface area contributed by atoms with Crippen LogP contribution in [0.2, 0.25) is 0 Å². The van der Waals surface area contributed by atoms with Crippen molar-refractivity contribution >= 4 is 11.8 Å². The van der Waals surface area contributed by atoms with E-state index in [1.54, 1.807) is 16.4 Å². The molecule has 0 fully saturated rings. The zero-order valence-electron chi connectivity index (χ0n) is 7.84. The van der Waals surface area contributed by atoms with Crippen LogP contribution in [0.15, 0.2) is 5.16 Å². The van der Waals surface area contributed by atoms with Crippen LogP contribution in [0.25, 0.3) is 0 Å². The number of tetrazole rings is 1. The van der Waals surface area contributed by atoms with E-state index in [9.17, 15) is 0 Å². The van der Waals surface area contributed by atoms with Crippen molar-refractivity contribution < 1.29 is 5.11 Å². The maximum absolute atomic E-state index is 8.73. The highest BCUT2D eigenvalue weighted by molar-refractivity contribution is 7.99. The Hall–Kier alpha value is -0.620. The average molecular weight is 202 g/mol. The van der Waals surface area contributed by atoms with Gasteiger partial charge >= 0.3 is 0 Å². The van der Waals surface area contributed by atoms with Gasteiger partial charge < -0.3 is 5.11 Å². The third kappa shape index (κ3) is 2.96. The van der Waals surface area contributed by atoms with Crippen LogP contribution in [-0.4, -0.2) is 37.2 Å². The molecule has 0 amide bonds. The maximum atomic E-state index is 8.73. The first-order chi connectivity index (χ1) is 6.27. The van der Waals surface area contributed by atoms with E-state index in [0.29, 0.717) is 11.8 Å². The molecule has 1 rings (SSSR count). The lowest BCUT2D eigenvalue weighted by atomic mass is 10.4. The van der Waals surface area contributed by atoms with E-state index < -0.39 is 0 Å². The third-order valence-electron chi connectivity index (χ3n) is 1.69. The molecule has 0 bridgehead atoms. The number of hydrogen-bond donors (Lipinski definition) is 1. The molecule has 0 saturated carbocycles. The Morgan fingerprint density at radius 2 is 2.38 bits per heavy atom. The molecule has 0 aliphatic carbocycles.